The normalized spacial score (nSPS) is 29.0. The molecule has 1 aromatic rings. The van der Waals surface area contributed by atoms with Gasteiger partial charge in [0.1, 0.15) is 0 Å². The fourth-order valence-electron chi connectivity index (χ4n) is 5.60. The number of hydrogen-bond donors (Lipinski definition) is 2. The van der Waals surface area contributed by atoms with Crippen molar-refractivity contribution in [3.8, 4) is 0 Å². The van der Waals surface area contributed by atoms with Crippen LogP contribution in [0.4, 0.5) is 0 Å². The van der Waals surface area contributed by atoms with Crippen molar-refractivity contribution in [3.63, 3.8) is 0 Å². The Morgan fingerprint density at radius 2 is 2.08 bits per heavy atom. The fourth-order valence-corrected chi connectivity index (χ4v) is 5.60. The Bertz CT molecular complexity index is 688. The molecule has 0 bridgehead atoms. The number of carbonyl (C=O) groups is 1. The number of piperidine rings is 1. The number of aromatic amines is 1. The van der Waals surface area contributed by atoms with Crippen molar-refractivity contribution >= 4 is 5.91 Å². The predicted octanol–water partition coefficient (Wildman–Crippen LogP) is 1.64. The highest BCUT2D eigenvalue weighted by Crippen LogP contribution is 2.42. The Labute approximate surface area is 155 Å². The zero-order valence-corrected chi connectivity index (χ0v) is 15.9. The van der Waals surface area contributed by atoms with Crippen molar-refractivity contribution in [2.45, 2.75) is 63.5 Å². The molecule has 2 N–H and O–H groups in total. The van der Waals surface area contributed by atoms with Crippen LogP contribution in [0.15, 0.2) is 0 Å². The van der Waals surface area contributed by atoms with Gasteiger partial charge in [0.15, 0.2) is 0 Å². The molecule has 1 aromatic heterocycles. The van der Waals surface area contributed by atoms with Crippen molar-refractivity contribution in [2.75, 3.05) is 33.2 Å². The van der Waals surface area contributed by atoms with Crippen molar-refractivity contribution < 1.29 is 4.79 Å². The van der Waals surface area contributed by atoms with E-state index in [0.29, 0.717) is 17.2 Å². The van der Waals surface area contributed by atoms with E-state index in [1.165, 1.54) is 49.1 Å². The zero-order chi connectivity index (χ0) is 17.7. The second-order valence-corrected chi connectivity index (χ2v) is 9.09. The van der Waals surface area contributed by atoms with E-state index < -0.39 is 0 Å². The Morgan fingerprint density at radius 1 is 1.27 bits per heavy atom. The average Bonchev–Trinajstić information content (AvgIpc) is 3.15. The Kier molecular flexibility index (Phi) is 4.09. The Morgan fingerprint density at radius 3 is 2.81 bits per heavy atom. The molecule has 1 amide bonds. The van der Waals surface area contributed by atoms with Gasteiger partial charge in [0.25, 0.3) is 0 Å². The number of H-pyrrole nitrogens is 1. The summed E-state index contributed by atoms with van der Waals surface area (Å²) >= 11 is 0. The van der Waals surface area contributed by atoms with E-state index in [-0.39, 0.29) is 6.04 Å². The summed E-state index contributed by atoms with van der Waals surface area (Å²) in [5, 5.41) is 11.3. The maximum Gasteiger partial charge on any atom is 0.240 e. The molecule has 1 unspecified atom stereocenters. The monoisotopic (exact) mass is 357 g/mol. The van der Waals surface area contributed by atoms with E-state index in [1.54, 1.807) is 0 Å². The molecule has 3 fully saturated rings. The molecule has 6 heteroatoms. The summed E-state index contributed by atoms with van der Waals surface area (Å²) in [5.74, 6) is 0.964. The molecule has 2 saturated heterocycles. The molecular weight excluding hydrogens is 326 g/mol. The van der Waals surface area contributed by atoms with E-state index in [2.05, 4.69) is 32.4 Å². The van der Waals surface area contributed by atoms with E-state index in [0.717, 1.165) is 45.6 Å². The average molecular weight is 358 g/mol. The quantitative estimate of drug-likeness (QED) is 0.845. The number of hydrogen-bond acceptors (Lipinski definition) is 4. The van der Waals surface area contributed by atoms with Crippen LogP contribution >= 0.6 is 0 Å². The van der Waals surface area contributed by atoms with Crippen LogP contribution in [0.25, 0.3) is 0 Å². The van der Waals surface area contributed by atoms with Crippen molar-refractivity contribution in [3.05, 3.63) is 17.0 Å². The van der Waals surface area contributed by atoms with Crippen LogP contribution in [0.1, 0.15) is 61.4 Å². The Hall–Kier alpha value is -1.40. The minimum atomic E-state index is 0.0636. The lowest BCUT2D eigenvalue weighted by atomic mass is 9.77. The number of fused-ring (bicyclic) bond motifs is 1. The number of nitrogens with one attached hydrogen (secondary N) is 2. The lowest BCUT2D eigenvalue weighted by Gasteiger charge is -2.34. The van der Waals surface area contributed by atoms with Crippen LogP contribution in [0.5, 0.6) is 0 Å². The third-order valence-corrected chi connectivity index (χ3v) is 7.46. The van der Waals surface area contributed by atoms with Crippen LogP contribution in [0.2, 0.25) is 0 Å². The first-order chi connectivity index (χ1) is 12.7. The van der Waals surface area contributed by atoms with Crippen LogP contribution in [0, 0.1) is 5.41 Å². The van der Waals surface area contributed by atoms with Crippen molar-refractivity contribution in [2.24, 2.45) is 5.41 Å². The highest BCUT2D eigenvalue weighted by atomic mass is 16.2. The third kappa shape index (κ3) is 2.69. The topological polar surface area (TPSA) is 64.3 Å². The number of rotatable bonds is 2. The minimum Gasteiger partial charge on any atom is -0.336 e. The molecule has 0 radical (unpaired) electrons. The van der Waals surface area contributed by atoms with Gasteiger partial charge in [-0.25, -0.2) is 0 Å². The van der Waals surface area contributed by atoms with E-state index in [4.69, 9.17) is 0 Å². The first-order valence-electron chi connectivity index (χ1n) is 10.4. The summed E-state index contributed by atoms with van der Waals surface area (Å²) < 4.78 is 0. The van der Waals surface area contributed by atoms with E-state index >= 15 is 0 Å². The second-order valence-electron chi connectivity index (χ2n) is 9.09. The number of carbonyl (C=O) groups excluding carboxylic acids is 1. The van der Waals surface area contributed by atoms with Gasteiger partial charge in [0, 0.05) is 43.2 Å². The molecule has 1 saturated carbocycles. The van der Waals surface area contributed by atoms with Gasteiger partial charge in [0.05, 0.1) is 11.7 Å². The summed E-state index contributed by atoms with van der Waals surface area (Å²) in [5.41, 5.74) is 4.20. The number of amides is 1. The van der Waals surface area contributed by atoms with Gasteiger partial charge in [0.2, 0.25) is 5.91 Å². The van der Waals surface area contributed by atoms with Gasteiger partial charge in [-0.1, -0.05) is 6.42 Å². The molecule has 26 heavy (non-hydrogen) atoms. The molecule has 1 atom stereocenters. The van der Waals surface area contributed by atoms with Gasteiger partial charge in [-0.15, -0.1) is 0 Å². The van der Waals surface area contributed by atoms with Gasteiger partial charge in [-0.3, -0.25) is 14.8 Å². The van der Waals surface area contributed by atoms with Crippen LogP contribution in [-0.2, 0) is 17.8 Å². The summed E-state index contributed by atoms with van der Waals surface area (Å²) in [6.45, 7) is 4.86. The van der Waals surface area contributed by atoms with Crippen LogP contribution in [0.3, 0.4) is 0 Å². The SMILES string of the molecule is CN1CC2(CCNCC2)CC1C(=O)N1CCc2[nH]nc(C3CCC3)c2C1. The highest BCUT2D eigenvalue weighted by Gasteiger charge is 2.47. The number of aromatic nitrogens is 2. The van der Waals surface area contributed by atoms with Gasteiger partial charge < -0.3 is 10.2 Å². The lowest BCUT2D eigenvalue weighted by Crippen LogP contribution is -2.46. The molecular formula is C20H31N5O. The molecule has 4 aliphatic rings. The maximum atomic E-state index is 13.4. The smallest absolute Gasteiger partial charge is 0.240 e. The number of nitrogens with zero attached hydrogens (tertiary/aromatic N) is 3. The summed E-state index contributed by atoms with van der Waals surface area (Å²) in [6, 6.07) is 0.0636. The maximum absolute atomic E-state index is 13.4. The summed E-state index contributed by atoms with van der Waals surface area (Å²) in [6.07, 6.45) is 8.21. The molecule has 5 rings (SSSR count). The summed E-state index contributed by atoms with van der Waals surface area (Å²) in [7, 11) is 2.15. The predicted molar refractivity (Wildman–Crippen MR) is 99.9 cm³/mol. The molecule has 1 spiro atoms. The second kappa shape index (κ2) is 6.34. The first kappa shape index (κ1) is 16.8. The number of likely N-dealkylation sites (tertiary alicyclic amines) is 1. The molecule has 6 nitrogen and oxygen atoms in total. The van der Waals surface area contributed by atoms with Crippen molar-refractivity contribution in [1.82, 2.24) is 25.3 Å². The largest absolute Gasteiger partial charge is 0.336 e. The molecule has 0 aromatic carbocycles. The van der Waals surface area contributed by atoms with Crippen LogP contribution in [-0.4, -0.2) is 65.2 Å². The molecule has 142 valence electrons. The fraction of sp³-hybridized carbons (Fsp3) is 0.800. The molecule has 3 aliphatic heterocycles. The number of likely N-dealkylation sites (N-methyl/N-ethyl adjacent to an activating group) is 1. The standard InChI is InChI=1S/C20H31N5O/c1-24-13-20(6-8-21-9-7-20)11-17(24)19(26)25-10-5-16-15(12-25)18(23-22-16)14-3-2-4-14/h14,17,21H,2-13H2,1H3,(H,22,23). The van der Waals surface area contributed by atoms with E-state index in [9.17, 15) is 4.79 Å². The zero-order valence-electron chi connectivity index (χ0n) is 15.9. The first-order valence-corrected chi connectivity index (χ1v) is 10.4. The third-order valence-electron chi connectivity index (χ3n) is 7.46. The van der Waals surface area contributed by atoms with Crippen molar-refractivity contribution in [1.29, 1.82) is 0 Å². The van der Waals surface area contributed by atoms with Gasteiger partial charge >= 0.3 is 0 Å². The minimum absolute atomic E-state index is 0.0636. The molecule has 4 heterocycles. The van der Waals surface area contributed by atoms with E-state index in [1.807, 2.05) is 0 Å². The van der Waals surface area contributed by atoms with Gasteiger partial charge in [-0.05, 0) is 57.7 Å². The van der Waals surface area contributed by atoms with Gasteiger partial charge in [-0.2, -0.15) is 5.10 Å². The highest BCUT2D eigenvalue weighted by molar-refractivity contribution is 5.82. The Balaban J connectivity index is 1.31. The summed E-state index contributed by atoms with van der Waals surface area (Å²) in [4.78, 5) is 17.8. The van der Waals surface area contributed by atoms with Crippen LogP contribution < -0.4 is 5.32 Å². The molecule has 1 aliphatic carbocycles. The lowest BCUT2D eigenvalue weighted by molar-refractivity contribution is -0.136.